The molecule has 1 aromatic heterocycles. The highest BCUT2D eigenvalue weighted by Gasteiger charge is 2.39. The summed E-state index contributed by atoms with van der Waals surface area (Å²) in [7, 11) is 0. The molecule has 2 aliphatic rings. The molecule has 17 heavy (non-hydrogen) atoms. The summed E-state index contributed by atoms with van der Waals surface area (Å²) in [5, 5.41) is 3.50. The third kappa shape index (κ3) is 2.54. The molecular formula is C13H18BrN3. The van der Waals surface area contributed by atoms with Crippen molar-refractivity contribution in [2.75, 3.05) is 26.2 Å². The quantitative estimate of drug-likeness (QED) is 0.905. The zero-order chi connectivity index (χ0) is 11.7. The Morgan fingerprint density at radius 1 is 1.41 bits per heavy atom. The Balaban J connectivity index is 1.64. The van der Waals surface area contributed by atoms with Gasteiger partial charge in [0.05, 0.1) is 0 Å². The molecule has 1 atom stereocenters. The molecule has 2 fully saturated rings. The lowest BCUT2D eigenvalue weighted by Crippen LogP contribution is -2.28. The van der Waals surface area contributed by atoms with Crippen molar-refractivity contribution >= 4 is 15.9 Å². The minimum Gasteiger partial charge on any atom is -0.316 e. The van der Waals surface area contributed by atoms with Crippen molar-refractivity contribution in [2.24, 2.45) is 5.41 Å². The average Bonchev–Trinajstić information content (AvgIpc) is 2.90. The van der Waals surface area contributed by atoms with Gasteiger partial charge in [-0.1, -0.05) is 0 Å². The van der Waals surface area contributed by atoms with Crippen LogP contribution in [0.4, 0.5) is 0 Å². The molecule has 0 radical (unpaired) electrons. The highest BCUT2D eigenvalue weighted by molar-refractivity contribution is 9.10. The second kappa shape index (κ2) is 4.67. The van der Waals surface area contributed by atoms with E-state index >= 15 is 0 Å². The van der Waals surface area contributed by atoms with Crippen molar-refractivity contribution < 1.29 is 0 Å². The van der Waals surface area contributed by atoms with Gasteiger partial charge in [-0.3, -0.25) is 9.88 Å². The Labute approximate surface area is 111 Å². The number of aromatic nitrogens is 1. The van der Waals surface area contributed by atoms with Gasteiger partial charge in [0.25, 0.3) is 0 Å². The minimum absolute atomic E-state index is 0.569. The first-order valence-electron chi connectivity index (χ1n) is 6.28. The Hall–Kier alpha value is -0.450. The van der Waals surface area contributed by atoms with Crippen LogP contribution in [0.5, 0.6) is 0 Å². The first kappa shape index (κ1) is 11.6. The topological polar surface area (TPSA) is 28.2 Å². The number of rotatable bonds is 2. The van der Waals surface area contributed by atoms with E-state index in [1.165, 1.54) is 44.6 Å². The van der Waals surface area contributed by atoms with Crippen LogP contribution in [0.25, 0.3) is 0 Å². The molecule has 4 heteroatoms. The van der Waals surface area contributed by atoms with Gasteiger partial charge in [-0.2, -0.15) is 0 Å². The van der Waals surface area contributed by atoms with Crippen molar-refractivity contribution in [1.82, 2.24) is 15.2 Å². The monoisotopic (exact) mass is 295 g/mol. The third-order valence-corrected chi connectivity index (χ3v) is 4.45. The van der Waals surface area contributed by atoms with Crippen molar-refractivity contribution in [3.63, 3.8) is 0 Å². The van der Waals surface area contributed by atoms with E-state index in [1.54, 1.807) is 0 Å². The number of halogens is 1. The molecule has 1 unspecified atom stereocenters. The highest BCUT2D eigenvalue weighted by Crippen LogP contribution is 2.36. The fourth-order valence-corrected chi connectivity index (χ4v) is 3.52. The van der Waals surface area contributed by atoms with Gasteiger partial charge in [-0.25, -0.2) is 0 Å². The molecule has 0 aliphatic carbocycles. The van der Waals surface area contributed by atoms with E-state index in [1.807, 2.05) is 12.4 Å². The number of nitrogens with zero attached hydrogens (tertiary/aromatic N) is 2. The molecule has 2 aliphatic heterocycles. The zero-order valence-electron chi connectivity index (χ0n) is 9.95. The van der Waals surface area contributed by atoms with Crippen LogP contribution in [0.15, 0.2) is 22.9 Å². The van der Waals surface area contributed by atoms with Gasteiger partial charge in [-0.05, 0) is 58.9 Å². The van der Waals surface area contributed by atoms with Crippen LogP contribution in [0.1, 0.15) is 18.4 Å². The largest absolute Gasteiger partial charge is 0.316 e. The second-order valence-electron chi connectivity index (χ2n) is 5.40. The molecule has 1 aromatic rings. The molecule has 3 nitrogen and oxygen atoms in total. The smallest absolute Gasteiger partial charge is 0.0410 e. The Bertz CT molecular complexity index is 401. The highest BCUT2D eigenvalue weighted by atomic mass is 79.9. The number of pyridine rings is 1. The third-order valence-electron chi connectivity index (χ3n) is 4.02. The molecule has 1 spiro atoms. The van der Waals surface area contributed by atoms with Crippen molar-refractivity contribution in [3.05, 3.63) is 28.5 Å². The molecule has 0 bridgehead atoms. The van der Waals surface area contributed by atoms with Gasteiger partial charge in [0, 0.05) is 36.5 Å². The fourth-order valence-electron chi connectivity index (χ4n) is 3.11. The Kier molecular flexibility index (Phi) is 3.19. The van der Waals surface area contributed by atoms with Crippen LogP contribution >= 0.6 is 15.9 Å². The van der Waals surface area contributed by atoms with E-state index in [2.05, 4.69) is 37.2 Å². The fraction of sp³-hybridized carbons (Fsp3) is 0.615. The Morgan fingerprint density at radius 2 is 2.35 bits per heavy atom. The van der Waals surface area contributed by atoms with Gasteiger partial charge in [0.2, 0.25) is 0 Å². The van der Waals surface area contributed by atoms with E-state index < -0.39 is 0 Å². The van der Waals surface area contributed by atoms with Crippen LogP contribution in [-0.2, 0) is 6.54 Å². The van der Waals surface area contributed by atoms with Gasteiger partial charge in [0.15, 0.2) is 0 Å². The van der Waals surface area contributed by atoms with Crippen LogP contribution in [0.3, 0.4) is 0 Å². The summed E-state index contributed by atoms with van der Waals surface area (Å²) in [6.07, 6.45) is 6.51. The lowest BCUT2D eigenvalue weighted by molar-refractivity contribution is 0.268. The standard InChI is InChI=1S/C13H18BrN3/c14-12-5-11(6-16-7-12)8-17-4-2-13(10-17)1-3-15-9-13/h5-7,15H,1-4,8-10H2. The van der Waals surface area contributed by atoms with E-state index in [0.717, 1.165) is 11.0 Å². The second-order valence-corrected chi connectivity index (χ2v) is 6.31. The maximum atomic E-state index is 4.23. The van der Waals surface area contributed by atoms with Gasteiger partial charge < -0.3 is 5.32 Å². The summed E-state index contributed by atoms with van der Waals surface area (Å²) >= 11 is 3.48. The minimum atomic E-state index is 0.569. The predicted molar refractivity (Wildman–Crippen MR) is 71.8 cm³/mol. The van der Waals surface area contributed by atoms with E-state index in [-0.39, 0.29) is 0 Å². The number of hydrogen-bond acceptors (Lipinski definition) is 3. The van der Waals surface area contributed by atoms with Gasteiger partial charge in [-0.15, -0.1) is 0 Å². The van der Waals surface area contributed by atoms with Crippen molar-refractivity contribution in [2.45, 2.75) is 19.4 Å². The Morgan fingerprint density at radius 3 is 3.12 bits per heavy atom. The molecule has 92 valence electrons. The summed E-state index contributed by atoms with van der Waals surface area (Å²) in [4.78, 5) is 6.80. The molecule has 3 rings (SSSR count). The SMILES string of the molecule is Brc1cncc(CN2CCC3(CCNC3)C2)c1. The molecule has 0 amide bonds. The first-order chi connectivity index (χ1) is 8.26. The number of nitrogens with one attached hydrogen (secondary N) is 1. The first-order valence-corrected chi connectivity index (χ1v) is 7.08. The average molecular weight is 296 g/mol. The number of likely N-dealkylation sites (tertiary alicyclic amines) is 1. The summed E-state index contributed by atoms with van der Waals surface area (Å²) in [5.74, 6) is 0. The van der Waals surface area contributed by atoms with Crippen molar-refractivity contribution in [3.8, 4) is 0 Å². The van der Waals surface area contributed by atoms with Crippen LogP contribution in [-0.4, -0.2) is 36.1 Å². The lowest BCUT2D eigenvalue weighted by Gasteiger charge is -2.22. The van der Waals surface area contributed by atoms with Crippen LogP contribution in [0, 0.1) is 5.41 Å². The predicted octanol–water partition coefficient (Wildman–Crippen LogP) is 2.03. The molecule has 0 saturated carbocycles. The van der Waals surface area contributed by atoms with Gasteiger partial charge in [0.1, 0.15) is 0 Å². The maximum absolute atomic E-state index is 4.23. The summed E-state index contributed by atoms with van der Waals surface area (Å²) in [6, 6.07) is 2.17. The van der Waals surface area contributed by atoms with Crippen LogP contribution < -0.4 is 5.32 Å². The van der Waals surface area contributed by atoms with E-state index in [4.69, 9.17) is 0 Å². The summed E-state index contributed by atoms with van der Waals surface area (Å²) in [5.41, 5.74) is 1.88. The van der Waals surface area contributed by atoms with E-state index in [0.29, 0.717) is 5.41 Å². The van der Waals surface area contributed by atoms with Crippen LogP contribution in [0.2, 0.25) is 0 Å². The molecule has 0 aromatic carbocycles. The molecule has 3 heterocycles. The lowest BCUT2D eigenvalue weighted by atomic mass is 9.87. The zero-order valence-corrected chi connectivity index (χ0v) is 11.5. The van der Waals surface area contributed by atoms with Gasteiger partial charge >= 0.3 is 0 Å². The van der Waals surface area contributed by atoms with Crippen molar-refractivity contribution in [1.29, 1.82) is 0 Å². The summed E-state index contributed by atoms with van der Waals surface area (Å²) < 4.78 is 1.08. The summed E-state index contributed by atoms with van der Waals surface area (Å²) in [6.45, 7) is 5.92. The normalized spacial score (nSPS) is 29.2. The maximum Gasteiger partial charge on any atom is 0.0410 e. The number of hydrogen-bond donors (Lipinski definition) is 1. The molecule has 1 N–H and O–H groups in total. The van der Waals surface area contributed by atoms with E-state index in [9.17, 15) is 0 Å². The molecule has 2 saturated heterocycles. The molecular weight excluding hydrogens is 278 g/mol.